The average molecular weight is 382 g/mol. The van der Waals surface area contributed by atoms with Crippen molar-refractivity contribution in [2.45, 2.75) is 32.2 Å². The van der Waals surface area contributed by atoms with Gasteiger partial charge in [-0.05, 0) is 42.3 Å². The van der Waals surface area contributed by atoms with Gasteiger partial charge in [0.25, 0.3) is 5.91 Å². The summed E-state index contributed by atoms with van der Waals surface area (Å²) >= 11 is 0. The topological polar surface area (TPSA) is 71.2 Å². The van der Waals surface area contributed by atoms with Crippen LogP contribution in [0.25, 0.3) is 10.9 Å². The quantitative estimate of drug-likeness (QED) is 0.457. The van der Waals surface area contributed by atoms with Gasteiger partial charge in [-0.1, -0.05) is 31.5 Å². The maximum absolute atomic E-state index is 13.1. The van der Waals surface area contributed by atoms with E-state index in [1.807, 2.05) is 37.4 Å². The van der Waals surface area contributed by atoms with Crippen LogP contribution in [0.5, 0.6) is 0 Å². The molecule has 1 heterocycles. The molecule has 0 aliphatic carbocycles. The van der Waals surface area contributed by atoms with Crippen molar-refractivity contribution in [1.29, 1.82) is 0 Å². The number of benzene rings is 2. The van der Waals surface area contributed by atoms with Crippen molar-refractivity contribution in [1.82, 2.24) is 10.3 Å². The summed E-state index contributed by atoms with van der Waals surface area (Å²) in [6.07, 6.45) is 3.79. The lowest BCUT2D eigenvalue weighted by atomic mass is 10.0. The lowest BCUT2D eigenvalue weighted by Gasteiger charge is -2.18. The summed E-state index contributed by atoms with van der Waals surface area (Å²) < 4.78 is 18.4. The van der Waals surface area contributed by atoms with Crippen LogP contribution >= 0.6 is 0 Å². The van der Waals surface area contributed by atoms with Gasteiger partial charge >= 0.3 is 5.97 Å². The molecule has 0 aliphatic rings. The Morgan fingerprint density at radius 1 is 1.14 bits per heavy atom. The van der Waals surface area contributed by atoms with Crippen molar-refractivity contribution in [2.75, 3.05) is 6.61 Å². The number of esters is 1. The first kappa shape index (κ1) is 19.6. The predicted molar refractivity (Wildman–Crippen MR) is 106 cm³/mol. The van der Waals surface area contributed by atoms with Crippen LogP contribution < -0.4 is 5.32 Å². The molecule has 0 bridgehead atoms. The van der Waals surface area contributed by atoms with Gasteiger partial charge in [-0.2, -0.15) is 0 Å². The molecular formula is C22H23FN2O3. The van der Waals surface area contributed by atoms with E-state index in [1.54, 1.807) is 0 Å². The summed E-state index contributed by atoms with van der Waals surface area (Å²) in [5.74, 6) is -1.35. The smallest absolute Gasteiger partial charge is 0.328 e. The number of carbonyl (C=O) groups excluding carboxylic acids is 2. The number of halogens is 1. The molecule has 0 saturated carbocycles. The highest BCUT2D eigenvalue weighted by Crippen LogP contribution is 2.19. The van der Waals surface area contributed by atoms with Crippen LogP contribution in [-0.2, 0) is 16.0 Å². The fourth-order valence-corrected chi connectivity index (χ4v) is 2.97. The summed E-state index contributed by atoms with van der Waals surface area (Å²) in [5.41, 5.74) is 2.15. The zero-order valence-corrected chi connectivity index (χ0v) is 15.7. The molecule has 3 rings (SSSR count). The van der Waals surface area contributed by atoms with Crippen LogP contribution in [0.15, 0.2) is 54.7 Å². The molecule has 1 aromatic heterocycles. The standard InChI is InChI=1S/C22H23FN2O3/c1-2-3-12-28-22(27)20(25-21(26)15-8-10-17(23)11-9-15)13-16-14-24-19-7-5-4-6-18(16)19/h4-11,14,20,24H,2-3,12-13H2,1H3,(H,25,26)/t20-/m0/s1. The van der Waals surface area contributed by atoms with E-state index < -0.39 is 23.7 Å². The highest BCUT2D eigenvalue weighted by atomic mass is 19.1. The Bertz CT molecular complexity index is 950. The van der Waals surface area contributed by atoms with E-state index in [9.17, 15) is 14.0 Å². The fraction of sp³-hybridized carbons (Fsp3) is 0.273. The first-order valence-electron chi connectivity index (χ1n) is 9.36. The van der Waals surface area contributed by atoms with Crippen LogP contribution in [-0.4, -0.2) is 29.5 Å². The zero-order valence-electron chi connectivity index (χ0n) is 15.7. The third-order valence-electron chi connectivity index (χ3n) is 4.54. The fourth-order valence-electron chi connectivity index (χ4n) is 2.97. The van der Waals surface area contributed by atoms with E-state index in [-0.39, 0.29) is 5.56 Å². The number of fused-ring (bicyclic) bond motifs is 1. The monoisotopic (exact) mass is 382 g/mol. The SMILES string of the molecule is CCCCOC(=O)[C@H](Cc1c[nH]c2ccccc12)NC(=O)c1ccc(F)cc1. The van der Waals surface area contributed by atoms with Gasteiger partial charge in [-0.25, -0.2) is 9.18 Å². The summed E-state index contributed by atoms with van der Waals surface area (Å²) in [7, 11) is 0. The van der Waals surface area contributed by atoms with E-state index in [2.05, 4.69) is 10.3 Å². The number of amides is 1. The van der Waals surface area contributed by atoms with Crippen LogP contribution in [0.1, 0.15) is 35.7 Å². The molecule has 28 heavy (non-hydrogen) atoms. The molecule has 0 saturated heterocycles. The third kappa shape index (κ3) is 4.76. The number of rotatable bonds is 8. The number of hydrogen-bond acceptors (Lipinski definition) is 3. The number of carbonyl (C=O) groups is 2. The van der Waals surface area contributed by atoms with Gasteiger partial charge in [0.05, 0.1) is 6.61 Å². The summed E-state index contributed by atoms with van der Waals surface area (Å²) in [5, 5.41) is 3.72. The number of hydrogen-bond donors (Lipinski definition) is 2. The van der Waals surface area contributed by atoms with Gasteiger partial charge < -0.3 is 15.0 Å². The average Bonchev–Trinajstić information content (AvgIpc) is 3.11. The van der Waals surface area contributed by atoms with Gasteiger partial charge in [0, 0.05) is 29.1 Å². The van der Waals surface area contributed by atoms with Gasteiger partial charge in [-0.3, -0.25) is 4.79 Å². The minimum atomic E-state index is -0.839. The van der Waals surface area contributed by atoms with Gasteiger partial charge in [-0.15, -0.1) is 0 Å². The van der Waals surface area contributed by atoms with Crippen molar-refractivity contribution in [3.63, 3.8) is 0 Å². The largest absolute Gasteiger partial charge is 0.464 e. The van der Waals surface area contributed by atoms with E-state index in [0.29, 0.717) is 13.0 Å². The van der Waals surface area contributed by atoms with Crippen molar-refractivity contribution in [2.24, 2.45) is 0 Å². The molecule has 0 unspecified atom stereocenters. The van der Waals surface area contributed by atoms with Gasteiger partial charge in [0.2, 0.25) is 0 Å². The molecule has 3 aromatic rings. The Labute approximate surface area is 162 Å². The predicted octanol–water partition coefficient (Wildman–Crippen LogP) is 3.99. The number of aromatic amines is 1. The summed E-state index contributed by atoms with van der Waals surface area (Å²) in [4.78, 5) is 28.3. The van der Waals surface area contributed by atoms with E-state index in [0.717, 1.165) is 29.3 Å². The molecule has 1 amide bonds. The molecule has 2 aromatic carbocycles. The highest BCUT2D eigenvalue weighted by molar-refractivity contribution is 5.97. The maximum atomic E-state index is 13.1. The normalized spacial score (nSPS) is 11.9. The van der Waals surface area contributed by atoms with Crippen LogP contribution in [0.4, 0.5) is 4.39 Å². The Morgan fingerprint density at radius 3 is 2.64 bits per heavy atom. The second-order valence-corrected chi connectivity index (χ2v) is 6.62. The number of aromatic nitrogens is 1. The maximum Gasteiger partial charge on any atom is 0.328 e. The second kappa shape index (κ2) is 9.17. The van der Waals surface area contributed by atoms with Crippen molar-refractivity contribution in [3.8, 4) is 0 Å². The lowest BCUT2D eigenvalue weighted by Crippen LogP contribution is -2.43. The minimum Gasteiger partial charge on any atom is -0.464 e. The molecule has 1 atom stereocenters. The van der Waals surface area contributed by atoms with Crippen molar-refractivity contribution >= 4 is 22.8 Å². The van der Waals surface area contributed by atoms with E-state index in [4.69, 9.17) is 4.74 Å². The Morgan fingerprint density at radius 2 is 1.89 bits per heavy atom. The number of para-hydroxylation sites is 1. The Balaban J connectivity index is 1.79. The molecule has 0 aliphatic heterocycles. The Kier molecular flexibility index (Phi) is 6.42. The summed E-state index contributed by atoms with van der Waals surface area (Å²) in [6, 6.07) is 12.1. The van der Waals surface area contributed by atoms with E-state index >= 15 is 0 Å². The zero-order chi connectivity index (χ0) is 19.9. The van der Waals surface area contributed by atoms with Gasteiger partial charge in [0.15, 0.2) is 0 Å². The first-order valence-corrected chi connectivity index (χ1v) is 9.36. The van der Waals surface area contributed by atoms with E-state index in [1.165, 1.54) is 24.3 Å². The lowest BCUT2D eigenvalue weighted by molar-refractivity contribution is -0.146. The van der Waals surface area contributed by atoms with Crippen LogP contribution in [0, 0.1) is 5.82 Å². The molecule has 146 valence electrons. The Hall–Kier alpha value is -3.15. The van der Waals surface area contributed by atoms with Crippen molar-refractivity contribution in [3.05, 3.63) is 71.7 Å². The summed E-state index contributed by atoms with van der Waals surface area (Å²) in [6.45, 7) is 2.32. The molecule has 0 radical (unpaired) electrons. The molecule has 2 N–H and O–H groups in total. The second-order valence-electron chi connectivity index (χ2n) is 6.62. The van der Waals surface area contributed by atoms with Crippen LogP contribution in [0.2, 0.25) is 0 Å². The highest BCUT2D eigenvalue weighted by Gasteiger charge is 2.24. The molecule has 0 spiro atoms. The number of nitrogens with one attached hydrogen (secondary N) is 2. The van der Waals surface area contributed by atoms with Gasteiger partial charge in [0.1, 0.15) is 11.9 Å². The number of ether oxygens (including phenoxy) is 1. The molecule has 6 heteroatoms. The molecule has 5 nitrogen and oxygen atoms in total. The third-order valence-corrected chi connectivity index (χ3v) is 4.54. The number of unbranched alkanes of at least 4 members (excludes halogenated alkanes) is 1. The minimum absolute atomic E-state index is 0.284. The molecular weight excluding hydrogens is 359 g/mol. The van der Waals surface area contributed by atoms with Crippen LogP contribution in [0.3, 0.4) is 0 Å². The number of H-pyrrole nitrogens is 1. The van der Waals surface area contributed by atoms with Crippen molar-refractivity contribution < 1.29 is 18.7 Å². The molecule has 0 fully saturated rings. The first-order chi connectivity index (χ1) is 13.6.